The summed E-state index contributed by atoms with van der Waals surface area (Å²) in [6.07, 6.45) is 6.50. The predicted molar refractivity (Wildman–Crippen MR) is 150 cm³/mol. The minimum atomic E-state index is -1.57. The zero-order chi connectivity index (χ0) is 27.1. The molecule has 6 rings (SSSR count). The van der Waals surface area contributed by atoms with Gasteiger partial charge in [-0.2, -0.15) is 0 Å². The largest absolute Gasteiger partial charge is 0.391 e. The molecule has 3 saturated carbocycles. The highest BCUT2D eigenvalue weighted by Gasteiger charge is 2.74. The first kappa shape index (κ1) is 26.2. The first-order valence-corrected chi connectivity index (χ1v) is 14.9. The number of alkyl halides is 1. The molecule has 3 fully saturated rings. The number of rotatable bonds is 4. The third kappa shape index (κ3) is 3.36. The smallest absolute Gasteiger partial charge is 0.178 e. The number of carbonyl (C=O) groups excluding carboxylic acids is 2. The Labute approximate surface area is 232 Å². The van der Waals surface area contributed by atoms with Crippen molar-refractivity contribution >= 4 is 45.8 Å². The number of pyridine rings is 1. The molecule has 1 heterocycles. The average Bonchev–Trinajstić information content (AvgIpc) is 3.10. The van der Waals surface area contributed by atoms with Crippen LogP contribution in [0.2, 0.25) is 0 Å². The summed E-state index contributed by atoms with van der Waals surface area (Å²) in [5.74, 6) is -0.544. The fraction of sp³-hybridized carbons (Fsp3) is 0.516. The van der Waals surface area contributed by atoms with Gasteiger partial charge in [0.15, 0.2) is 11.6 Å². The fourth-order valence-corrected chi connectivity index (χ4v) is 9.87. The summed E-state index contributed by atoms with van der Waals surface area (Å²) in [5, 5.41) is 25.8. The zero-order valence-electron chi connectivity index (χ0n) is 22.0. The van der Waals surface area contributed by atoms with Gasteiger partial charge in [0.05, 0.1) is 27.3 Å². The van der Waals surface area contributed by atoms with E-state index in [0.29, 0.717) is 6.42 Å². The van der Waals surface area contributed by atoms with Gasteiger partial charge in [0.25, 0.3) is 0 Å². The second-order valence-electron chi connectivity index (χ2n) is 12.2. The van der Waals surface area contributed by atoms with Gasteiger partial charge in [0.1, 0.15) is 5.60 Å². The molecule has 4 unspecified atom stereocenters. The number of halogens is 1. The molecule has 38 heavy (non-hydrogen) atoms. The van der Waals surface area contributed by atoms with Crippen molar-refractivity contribution in [3.63, 3.8) is 0 Å². The molecule has 0 saturated heterocycles. The van der Waals surface area contributed by atoms with E-state index in [-0.39, 0.29) is 41.5 Å². The molecule has 8 atom stereocenters. The second-order valence-corrected chi connectivity index (χ2v) is 13.8. The van der Waals surface area contributed by atoms with Gasteiger partial charge < -0.3 is 10.2 Å². The third-order valence-electron chi connectivity index (χ3n) is 10.6. The number of nitrogens with zero attached hydrogens (tertiary/aromatic N) is 1. The molecule has 4 aliphatic carbocycles. The lowest BCUT2D eigenvalue weighted by Gasteiger charge is -2.63. The Hall–Kier alpha value is -1.99. The van der Waals surface area contributed by atoms with E-state index in [0.717, 1.165) is 34.3 Å². The van der Waals surface area contributed by atoms with Crippen LogP contribution in [-0.2, 0) is 9.59 Å². The Morgan fingerprint density at radius 2 is 1.95 bits per heavy atom. The van der Waals surface area contributed by atoms with E-state index in [1.165, 1.54) is 11.8 Å². The van der Waals surface area contributed by atoms with Crippen molar-refractivity contribution in [1.29, 1.82) is 0 Å². The number of aliphatic hydroxyl groups is 2. The van der Waals surface area contributed by atoms with Crippen LogP contribution in [0, 0.1) is 28.6 Å². The van der Waals surface area contributed by atoms with E-state index in [1.54, 1.807) is 12.2 Å². The minimum absolute atomic E-state index is 0.0273. The number of aliphatic hydroxyl groups excluding tert-OH is 1. The lowest BCUT2D eigenvalue weighted by molar-refractivity contribution is -0.175. The number of carbonyl (C=O) groups is 2. The van der Waals surface area contributed by atoms with Crippen LogP contribution in [0.3, 0.4) is 0 Å². The Kier molecular flexibility index (Phi) is 6.05. The van der Waals surface area contributed by atoms with Crippen molar-refractivity contribution in [2.24, 2.45) is 28.6 Å². The van der Waals surface area contributed by atoms with Gasteiger partial charge in [-0.15, -0.1) is 11.6 Å². The van der Waals surface area contributed by atoms with Crippen LogP contribution in [0.1, 0.15) is 46.5 Å². The van der Waals surface area contributed by atoms with Gasteiger partial charge in [0, 0.05) is 16.2 Å². The number of allylic oxidation sites excluding steroid dienone is 4. The molecule has 2 aromatic rings. The molecule has 1 aromatic heterocycles. The van der Waals surface area contributed by atoms with E-state index in [9.17, 15) is 19.8 Å². The molecular formula is C31H34ClNO4S. The third-order valence-corrected chi connectivity index (χ3v) is 12.4. The van der Waals surface area contributed by atoms with E-state index in [4.69, 9.17) is 11.6 Å². The van der Waals surface area contributed by atoms with Crippen molar-refractivity contribution in [3.05, 3.63) is 60.2 Å². The summed E-state index contributed by atoms with van der Waals surface area (Å²) in [4.78, 5) is 29.7. The highest BCUT2D eigenvalue weighted by molar-refractivity contribution is 7.99. The Morgan fingerprint density at radius 1 is 1.18 bits per heavy atom. The van der Waals surface area contributed by atoms with Gasteiger partial charge in [0.2, 0.25) is 0 Å². The van der Waals surface area contributed by atoms with E-state index < -0.39 is 27.4 Å². The number of aromatic nitrogens is 1. The summed E-state index contributed by atoms with van der Waals surface area (Å²) < 4.78 is 0. The number of Topliss-reactive ketones (excluding diaryl/α,β-unsaturated/α-hetero) is 1. The number of ketones is 2. The zero-order valence-corrected chi connectivity index (χ0v) is 23.6. The van der Waals surface area contributed by atoms with Gasteiger partial charge in [-0.1, -0.05) is 68.4 Å². The van der Waals surface area contributed by atoms with Crippen molar-refractivity contribution in [2.75, 3.05) is 5.75 Å². The number of fused-ring (bicyclic) bond motifs is 6. The van der Waals surface area contributed by atoms with E-state index in [2.05, 4.69) is 4.98 Å². The summed E-state index contributed by atoms with van der Waals surface area (Å²) >= 11 is 8.84. The Balaban J connectivity index is 1.30. The Bertz CT molecular complexity index is 1410. The van der Waals surface area contributed by atoms with E-state index in [1.807, 2.05) is 63.2 Å². The predicted octanol–water partition coefficient (Wildman–Crippen LogP) is 5.51. The maximum Gasteiger partial charge on any atom is 0.178 e. The van der Waals surface area contributed by atoms with Crippen LogP contribution >= 0.6 is 23.4 Å². The molecule has 2 N–H and O–H groups in total. The average molecular weight is 552 g/mol. The molecule has 0 amide bonds. The van der Waals surface area contributed by atoms with E-state index >= 15 is 0 Å². The van der Waals surface area contributed by atoms with Crippen LogP contribution in [-0.4, -0.2) is 49.1 Å². The van der Waals surface area contributed by atoms with Gasteiger partial charge >= 0.3 is 0 Å². The SMILES string of the molecule is C[C@@H]1CC2C3CCC4=CC(=O)C=CC4(C)[C@@]3(Cl)[C@@H](O)CC2(C)[C@@]1(O)C(=O)CSc1ccc2ccccc2n1. The summed E-state index contributed by atoms with van der Waals surface area (Å²) in [7, 11) is 0. The molecule has 4 aliphatic rings. The topological polar surface area (TPSA) is 87.5 Å². The van der Waals surface area contributed by atoms with Gasteiger partial charge in [-0.25, -0.2) is 4.98 Å². The highest BCUT2D eigenvalue weighted by Crippen LogP contribution is 2.71. The van der Waals surface area contributed by atoms with Crippen molar-refractivity contribution in [3.8, 4) is 0 Å². The fourth-order valence-electron chi connectivity index (χ4n) is 8.52. The highest BCUT2D eigenvalue weighted by atomic mass is 35.5. The summed E-state index contributed by atoms with van der Waals surface area (Å²) in [6, 6.07) is 11.8. The van der Waals surface area contributed by atoms with Gasteiger partial charge in [-0.3, -0.25) is 9.59 Å². The normalized spacial score (nSPS) is 41.8. The standard InChI is InChI=1S/C31H34ClNO4S/c1-18-14-23-22-10-9-20-15-21(34)12-13-28(20,2)30(22,32)25(35)16-29(23,3)31(18,37)26(36)17-38-27-11-8-19-6-4-5-7-24(19)33-27/h4-8,11-13,15,18,22-23,25,35,37H,9-10,14,16-17H2,1-3H3/t18-,22?,23?,25+,28?,29?,30+,31+/m1/s1. The molecule has 1 aromatic carbocycles. The number of benzene rings is 1. The maximum absolute atomic E-state index is 13.9. The molecular weight excluding hydrogens is 518 g/mol. The molecule has 7 heteroatoms. The molecule has 200 valence electrons. The van der Waals surface area contributed by atoms with Crippen molar-refractivity contribution < 1.29 is 19.8 Å². The van der Waals surface area contributed by atoms with Crippen molar-refractivity contribution in [1.82, 2.24) is 4.98 Å². The Morgan fingerprint density at radius 3 is 2.74 bits per heavy atom. The summed E-state index contributed by atoms with van der Waals surface area (Å²) in [5.41, 5.74) is -1.20. The van der Waals surface area contributed by atoms with Crippen LogP contribution < -0.4 is 0 Å². The monoisotopic (exact) mass is 551 g/mol. The van der Waals surface area contributed by atoms with Crippen LogP contribution in [0.25, 0.3) is 10.9 Å². The van der Waals surface area contributed by atoms with Crippen LogP contribution in [0.4, 0.5) is 0 Å². The second kappa shape index (κ2) is 8.76. The first-order valence-electron chi connectivity index (χ1n) is 13.5. The summed E-state index contributed by atoms with van der Waals surface area (Å²) in [6.45, 7) is 5.96. The quantitative estimate of drug-likeness (QED) is 0.385. The molecule has 0 radical (unpaired) electrons. The van der Waals surface area contributed by atoms with Crippen molar-refractivity contribution in [2.45, 2.75) is 68.1 Å². The molecule has 0 spiro atoms. The number of hydrogen-bond donors (Lipinski definition) is 2. The van der Waals surface area contributed by atoms with Crippen LogP contribution in [0.5, 0.6) is 0 Å². The molecule has 0 bridgehead atoms. The van der Waals surface area contributed by atoms with Gasteiger partial charge in [-0.05, 0) is 67.7 Å². The van der Waals surface area contributed by atoms with Crippen LogP contribution in [0.15, 0.2) is 65.2 Å². The molecule has 5 nitrogen and oxygen atoms in total. The number of thioether (sulfide) groups is 1. The lowest BCUT2D eigenvalue weighted by atomic mass is 9.45. The number of para-hydroxylation sites is 1. The maximum atomic E-state index is 13.9. The lowest BCUT2D eigenvalue weighted by Crippen LogP contribution is -2.69. The minimum Gasteiger partial charge on any atom is -0.391 e. The molecule has 0 aliphatic heterocycles. The first-order chi connectivity index (χ1) is 17.9. The number of hydrogen-bond acceptors (Lipinski definition) is 6.